The fourth-order valence-electron chi connectivity index (χ4n) is 2.47. The van der Waals surface area contributed by atoms with Gasteiger partial charge in [-0.2, -0.15) is 0 Å². The molecule has 0 radical (unpaired) electrons. The number of aryl methyl sites for hydroxylation is 1. The summed E-state index contributed by atoms with van der Waals surface area (Å²) in [5.41, 5.74) is 0.837. The lowest BCUT2D eigenvalue weighted by Gasteiger charge is -2.18. The average molecular weight is 333 g/mol. The monoisotopic (exact) mass is 332 g/mol. The van der Waals surface area contributed by atoms with Gasteiger partial charge in [-0.3, -0.25) is 0 Å². The average Bonchev–Trinajstić information content (AvgIpc) is 2.78. The lowest BCUT2D eigenvalue weighted by atomic mass is 10.1. The van der Waals surface area contributed by atoms with E-state index >= 15 is 0 Å². The van der Waals surface area contributed by atoms with Crippen LogP contribution in [0.5, 0.6) is 0 Å². The molecule has 4 nitrogen and oxygen atoms in total. The van der Waals surface area contributed by atoms with E-state index in [1.165, 1.54) is 11.3 Å². The first-order chi connectivity index (χ1) is 9.96. The van der Waals surface area contributed by atoms with Gasteiger partial charge in [0.1, 0.15) is 4.90 Å². The van der Waals surface area contributed by atoms with E-state index in [1.54, 1.807) is 0 Å². The van der Waals surface area contributed by atoms with E-state index in [0.29, 0.717) is 11.4 Å². The van der Waals surface area contributed by atoms with Crippen LogP contribution in [0.25, 0.3) is 0 Å². The lowest BCUT2D eigenvalue weighted by molar-refractivity contribution is 0.483. The zero-order valence-electron chi connectivity index (χ0n) is 13.5. The summed E-state index contributed by atoms with van der Waals surface area (Å²) in [6.45, 7) is 6.67. The molecule has 0 bridgehead atoms. The Morgan fingerprint density at radius 2 is 1.95 bits per heavy atom. The largest absolute Gasteiger partial charge is 0.315 e. The van der Waals surface area contributed by atoms with E-state index < -0.39 is 10.0 Å². The molecule has 0 aromatic carbocycles. The topological polar surface area (TPSA) is 58.2 Å². The second-order valence-corrected chi connectivity index (χ2v) is 8.07. The second kappa shape index (κ2) is 8.88. The van der Waals surface area contributed by atoms with E-state index in [0.717, 1.165) is 42.5 Å². The van der Waals surface area contributed by atoms with Crippen LogP contribution < -0.4 is 10.0 Å². The molecular weight excluding hydrogens is 304 g/mol. The predicted octanol–water partition coefficient (Wildman–Crippen LogP) is 3.41. The molecule has 0 aliphatic carbocycles. The van der Waals surface area contributed by atoms with Crippen molar-refractivity contribution >= 4 is 21.4 Å². The maximum Gasteiger partial charge on any atom is 0.242 e. The number of rotatable bonds is 10. The second-order valence-electron chi connectivity index (χ2n) is 5.45. The normalized spacial score (nSPS) is 13.5. The first-order valence-electron chi connectivity index (χ1n) is 7.70. The van der Waals surface area contributed by atoms with Crippen molar-refractivity contribution in [1.29, 1.82) is 0 Å². The van der Waals surface area contributed by atoms with Crippen LogP contribution in [0.1, 0.15) is 56.4 Å². The van der Waals surface area contributed by atoms with Crippen LogP contribution in [-0.2, 0) is 16.6 Å². The molecule has 0 saturated carbocycles. The summed E-state index contributed by atoms with van der Waals surface area (Å²) in [6, 6.07) is 0.0432. The summed E-state index contributed by atoms with van der Waals surface area (Å²) < 4.78 is 28.4. The van der Waals surface area contributed by atoms with Crippen molar-refractivity contribution < 1.29 is 8.42 Å². The molecule has 0 amide bonds. The van der Waals surface area contributed by atoms with Crippen LogP contribution in [0.4, 0.5) is 0 Å². The summed E-state index contributed by atoms with van der Waals surface area (Å²) in [5.74, 6) is 0. The molecule has 0 aliphatic heterocycles. The van der Waals surface area contributed by atoms with Gasteiger partial charge in [0, 0.05) is 17.5 Å². The fraction of sp³-hybridized carbons (Fsp3) is 0.733. The Morgan fingerprint density at radius 3 is 2.52 bits per heavy atom. The Labute approximate surface area is 133 Å². The van der Waals surface area contributed by atoms with Crippen molar-refractivity contribution in [2.75, 3.05) is 7.05 Å². The van der Waals surface area contributed by atoms with Gasteiger partial charge < -0.3 is 5.32 Å². The first-order valence-corrected chi connectivity index (χ1v) is 10.1. The fourth-order valence-corrected chi connectivity index (χ4v) is 5.60. The third kappa shape index (κ3) is 5.36. The molecule has 6 heteroatoms. The van der Waals surface area contributed by atoms with Gasteiger partial charge in [-0.25, -0.2) is 13.1 Å². The van der Waals surface area contributed by atoms with Crippen LogP contribution in [0, 0.1) is 6.92 Å². The molecule has 1 aromatic rings. The summed E-state index contributed by atoms with van der Waals surface area (Å²) in [4.78, 5) is 1.35. The molecule has 0 aliphatic rings. The van der Waals surface area contributed by atoms with Crippen LogP contribution in [0.2, 0.25) is 0 Å². The molecule has 1 aromatic heterocycles. The maximum absolute atomic E-state index is 12.7. The van der Waals surface area contributed by atoms with Gasteiger partial charge in [0.15, 0.2) is 0 Å². The molecule has 0 saturated heterocycles. The third-order valence-electron chi connectivity index (χ3n) is 3.46. The van der Waals surface area contributed by atoms with Gasteiger partial charge in [-0.1, -0.05) is 33.1 Å². The third-order valence-corrected chi connectivity index (χ3v) is 6.44. The molecular formula is C15H28N2O2S2. The van der Waals surface area contributed by atoms with Crippen LogP contribution >= 0.6 is 11.3 Å². The van der Waals surface area contributed by atoms with Gasteiger partial charge >= 0.3 is 0 Å². The van der Waals surface area contributed by atoms with E-state index in [1.807, 2.05) is 19.4 Å². The van der Waals surface area contributed by atoms with Crippen molar-refractivity contribution in [3.05, 3.63) is 15.8 Å². The minimum Gasteiger partial charge on any atom is -0.315 e. The minimum absolute atomic E-state index is 0.0432. The van der Waals surface area contributed by atoms with Crippen molar-refractivity contribution in [3.8, 4) is 0 Å². The Kier molecular flexibility index (Phi) is 7.87. The number of nitrogens with one attached hydrogen (secondary N) is 2. The SMILES string of the molecule is CCCCC(CCC)NS(=O)(=O)c1c(C)csc1CNC. The summed E-state index contributed by atoms with van der Waals surface area (Å²) >= 11 is 1.50. The van der Waals surface area contributed by atoms with Crippen molar-refractivity contribution in [2.45, 2.75) is 70.4 Å². The molecule has 1 unspecified atom stereocenters. The van der Waals surface area contributed by atoms with Gasteiger partial charge in [0.05, 0.1) is 0 Å². The lowest BCUT2D eigenvalue weighted by Crippen LogP contribution is -2.35. The molecule has 122 valence electrons. The summed E-state index contributed by atoms with van der Waals surface area (Å²) in [6.07, 6.45) is 4.93. The van der Waals surface area contributed by atoms with Crippen LogP contribution in [0.3, 0.4) is 0 Å². The Hall–Kier alpha value is -0.430. The number of hydrogen-bond acceptors (Lipinski definition) is 4. The number of unbranched alkanes of at least 4 members (excludes halogenated alkanes) is 1. The van der Waals surface area contributed by atoms with Gasteiger partial charge in [-0.15, -0.1) is 11.3 Å². The number of hydrogen-bond donors (Lipinski definition) is 2. The molecule has 0 spiro atoms. The van der Waals surface area contributed by atoms with E-state index in [-0.39, 0.29) is 6.04 Å². The highest BCUT2D eigenvalue weighted by Gasteiger charge is 2.25. The van der Waals surface area contributed by atoms with Crippen LogP contribution in [0.15, 0.2) is 10.3 Å². The van der Waals surface area contributed by atoms with Crippen molar-refractivity contribution in [2.24, 2.45) is 0 Å². The highest BCUT2D eigenvalue weighted by Crippen LogP contribution is 2.27. The highest BCUT2D eigenvalue weighted by atomic mass is 32.2. The van der Waals surface area contributed by atoms with E-state index in [9.17, 15) is 8.42 Å². The minimum atomic E-state index is -3.43. The molecule has 1 rings (SSSR count). The standard InChI is InChI=1S/C15H28N2O2S2/c1-5-7-9-13(8-6-2)17-21(18,19)15-12(3)11-20-14(15)10-16-4/h11,13,16-17H,5-10H2,1-4H3. The van der Waals surface area contributed by atoms with E-state index in [4.69, 9.17) is 0 Å². The Balaban J connectivity index is 2.95. The Morgan fingerprint density at radius 1 is 1.24 bits per heavy atom. The quantitative estimate of drug-likeness (QED) is 0.690. The molecule has 0 fully saturated rings. The van der Waals surface area contributed by atoms with Gasteiger partial charge in [0.2, 0.25) is 10.0 Å². The molecule has 21 heavy (non-hydrogen) atoms. The Bertz CT molecular complexity index is 524. The van der Waals surface area contributed by atoms with E-state index in [2.05, 4.69) is 23.9 Å². The maximum atomic E-state index is 12.7. The zero-order chi connectivity index (χ0) is 15.9. The highest BCUT2D eigenvalue weighted by molar-refractivity contribution is 7.89. The van der Waals surface area contributed by atoms with Crippen molar-refractivity contribution in [1.82, 2.24) is 10.0 Å². The smallest absolute Gasteiger partial charge is 0.242 e. The number of thiophene rings is 1. The van der Waals surface area contributed by atoms with Crippen molar-refractivity contribution in [3.63, 3.8) is 0 Å². The first kappa shape index (κ1) is 18.6. The summed E-state index contributed by atoms with van der Waals surface area (Å²) in [5, 5.41) is 4.96. The number of sulfonamides is 1. The van der Waals surface area contributed by atoms with Gasteiger partial charge in [-0.05, 0) is 37.8 Å². The zero-order valence-corrected chi connectivity index (χ0v) is 15.2. The molecule has 1 heterocycles. The molecule has 1 atom stereocenters. The molecule has 2 N–H and O–H groups in total. The summed E-state index contributed by atoms with van der Waals surface area (Å²) in [7, 11) is -1.60. The van der Waals surface area contributed by atoms with Crippen LogP contribution in [-0.4, -0.2) is 21.5 Å². The van der Waals surface area contributed by atoms with Gasteiger partial charge in [0.25, 0.3) is 0 Å². The predicted molar refractivity (Wildman–Crippen MR) is 90.4 cm³/mol.